The van der Waals surface area contributed by atoms with E-state index in [9.17, 15) is 14.4 Å². The molecule has 0 bridgehead atoms. The van der Waals surface area contributed by atoms with Gasteiger partial charge in [0.25, 0.3) is 0 Å². The fourth-order valence-electron chi connectivity index (χ4n) is 7.67. The van der Waals surface area contributed by atoms with Gasteiger partial charge in [-0.15, -0.1) is 0 Å². The molecule has 0 aromatic carbocycles. The number of esters is 3. The standard InChI is InChI=1S/C54H100O6/c1-4-7-10-13-15-17-19-21-23-25-27-29-30-32-34-36-38-41-44-47-53(56)59-50-51(49-58-52(55)46-43-40-12-9-6-3)60-54(57)48-45-42-39-37-35-33-31-28-26-24-22-20-18-16-14-11-8-5-2/h21,23-24,26,51H,4-20,22,25,27-50H2,1-3H3/b23-21-,26-24-. The van der Waals surface area contributed by atoms with Gasteiger partial charge in [-0.3, -0.25) is 14.4 Å². The maximum atomic E-state index is 12.7. The van der Waals surface area contributed by atoms with E-state index in [1.807, 2.05) is 0 Å². The van der Waals surface area contributed by atoms with Crippen molar-refractivity contribution < 1.29 is 28.6 Å². The molecule has 0 aliphatic heterocycles. The molecule has 0 aromatic heterocycles. The van der Waals surface area contributed by atoms with Crippen molar-refractivity contribution >= 4 is 17.9 Å². The number of rotatable bonds is 48. The summed E-state index contributed by atoms with van der Waals surface area (Å²) in [4.78, 5) is 37.7. The zero-order valence-corrected chi connectivity index (χ0v) is 40.2. The van der Waals surface area contributed by atoms with Gasteiger partial charge in [-0.25, -0.2) is 0 Å². The van der Waals surface area contributed by atoms with Gasteiger partial charge in [-0.1, -0.05) is 218 Å². The van der Waals surface area contributed by atoms with E-state index in [-0.39, 0.29) is 31.1 Å². The molecule has 0 saturated carbocycles. The van der Waals surface area contributed by atoms with Crippen molar-refractivity contribution in [1.29, 1.82) is 0 Å². The van der Waals surface area contributed by atoms with Crippen LogP contribution in [0.5, 0.6) is 0 Å². The molecule has 1 unspecified atom stereocenters. The Morgan fingerprint density at radius 1 is 0.317 bits per heavy atom. The zero-order valence-electron chi connectivity index (χ0n) is 40.2. The third-order valence-corrected chi connectivity index (χ3v) is 11.7. The molecule has 0 aliphatic carbocycles. The summed E-state index contributed by atoms with van der Waals surface area (Å²) in [6, 6.07) is 0. The Labute approximate surface area is 373 Å². The van der Waals surface area contributed by atoms with Crippen LogP contribution in [0.25, 0.3) is 0 Å². The molecule has 1 atom stereocenters. The lowest BCUT2D eigenvalue weighted by atomic mass is 10.1. The van der Waals surface area contributed by atoms with Crippen LogP contribution in [0.3, 0.4) is 0 Å². The van der Waals surface area contributed by atoms with Crippen molar-refractivity contribution in [2.75, 3.05) is 13.2 Å². The zero-order chi connectivity index (χ0) is 43.7. The minimum absolute atomic E-state index is 0.0718. The number of carbonyl (C=O) groups is 3. The molecule has 0 spiro atoms. The highest BCUT2D eigenvalue weighted by molar-refractivity contribution is 5.71. The number of hydrogen-bond acceptors (Lipinski definition) is 6. The molecule has 0 aliphatic rings. The molecule has 0 amide bonds. The number of unbranched alkanes of at least 4 members (excludes halogenated alkanes) is 33. The van der Waals surface area contributed by atoms with Crippen LogP contribution >= 0.6 is 0 Å². The van der Waals surface area contributed by atoms with Crippen molar-refractivity contribution in [2.24, 2.45) is 0 Å². The quantitative estimate of drug-likeness (QED) is 0.0263. The van der Waals surface area contributed by atoms with Crippen LogP contribution in [-0.2, 0) is 28.6 Å². The molecule has 0 N–H and O–H groups in total. The first kappa shape index (κ1) is 57.9. The Morgan fingerprint density at radius 3 is 0.833 bits per heavy atom. The molecule has 0 aromatic rings. The largest absolute Gasteiger partial charge is 0.462 e. The summed E-state index contributed by atoms with van der Waals surface area (Å²) in [6.07, 6.45) is 56.3. The first-order valence-electron chi connectivity index (χ1n) is 26.3. The Kier molecular flexibility index (Phi) is 47.8. The number of allylic oxidation sites excluding steroid dienone is 4. The van der Waals surface area contributed by atoms with E-state index in [2.05, 4.69) is 45.1 Å². The van der Waals surface area contributed by atoms with Crippen LogP contribution in [0, 0.1) is 0 Å². The predicted molar refractivity (Wildman–Crippen MR) is 256 cm³/mol. The maximum Gasteiger partial charge on any atom is 0.306 e. The Morgan fingerprint density at radius 2 is 0.550 bits per heavy atom. The predicted octanol–water partition coefficient (Wildman–Crippen LogP) is 17.2. The summed E-state index contributed by atoms with van der Waals surface area (Å²) < 4.78 is 16.7. The number of carbonyl (C=O) groups excluding carboxylic acids is 3. The van der Waals surface area contributed by atoms with Crippen molar-refractivity contribution in [2.45, 2.75) is 290 Å². The van der Waals surface area contributed by atoms with E-state index in [4.69, 9.17) is 14.2 Å². The third kappa shape index (κ3) is 46.9. The first-order valence-corrected chi connectivity index (χ1v) is 26.3. The molecule has 60 heavy (non-hydrogen) atoms. The summed E-state index contributed by atoms with van der Waals surface area (Å²) in [5.74, 6) is -0.881. The fourth-order valence-corrected chi connectivity index (χ4v) is 7.67. The molecular weight excluding hydrogens is 745 g/mol. The minimum Gasteiger partial charge on any atom is -0.462 e. The molecule has 0 radical (unpaired) electrons. The second kappa shape index (κ2) is 49.5. The van der Waals surface area contributed by atoms with Gasteiger partial charge in [0.1, 0.15) is 13.2 Å². The van der Waals surface area contributed by atoms with Crippen LogP contribution < -0.4 is 0 Å². The molecule has 352 valence electrons. The van der Waals surface area contributed by atoms with Crippen molar-refractivity contribution in [3.63, 3.8) is 0 Å². The summed E-state index contributed by atoms with van der Waals surface area (Å²) in [5, 5.41) is 0. The summed E-state index contributed by atoms with van der Waals surface area (Å²) in [6.45, 7) is 6.57. The van der Waals surface area contributed by atoms with Gasteiger partial charge in [0.2, 0.25) is 0 Å². The van der Waals surface area contributed by atoms with Gasteiger partial charge in [-0.05, 0) is 70.6 Å². The average molecular weight is 845 g/mol. The monoisotopic (exact) mass is 845 g/mol. The van der Waals surface area contributed by atoms with Gasteiger partial charge in [0, 0.05) is 19.3 Å². The highest BCUT2D eigenvalue weighted by Crippen LogP contribution is 2.15. The van der Waals surface area contributed by atoms with E-state index in [0.717, 1.165) is 64.2 Å². The van der Waals surface area contributed by atoms with Gasteiger partial charge in [-0.2, -0.15) is 0 Å². The highest BCUT2D eigenvalue weighted by Gasteiger charge is 2.19. The van der Waals surface area contributed by atoms with Crippen molar-refractivity contribution in [3.05, 3.63) is 24.3 Å². The van der Waals surface area contributed by atoms with Gasteiger partial charge in [0.05, 0.1) is 0 Å². The fraction of sp³-hybridized carbons (Fsp3) is 0.870. The van der Waals surface area contributed by atoms with E-state index in [1.165, 1.54) is 180 Å². The number of hydrogen-bond donors (Lipinski definition) is 0. The minimum atomic E-state index is -0.767. The van der Waals surface area contributed by atoms with Crippen LogP contribution in [0.1, 0.15) is 284 Å². The van der Waals surface area contributed by atoms with Crippen molar-refractivity contribution in [3.8, 4) is 0 Å². The topological polar surface area (TPSA) is 78.9 Å². The molecule has 6 heteroatoms. The van der Waals surface area contributed by atoms with Crippen LogP contribution in [0.4, 0.5) is 0 Å². The summed E-state index contributed by atoms with van der Waals surface area (Å²) in [7, 11) is 0. The first-order chi connectivity index (χ1) is 29.5. The van der Waals surface area contributed by atoms with Crippen LogP contribution in [0.2, 0.25) is 0 Å². The normalized spacial score (nSPS) is 12.1. The molecular formula is C54H100O6. The maximum absolute atomic E-state index is 12.7. The second-order valence-electron chi connectivity index (χ2n) is 17.8. The highest BCUT2D eigenvalue weighted by atomic mass is 16.6. The van der Waals surface area contributed by atoms with Crippen LogP contribution in [-0.4, -0.2) is 37.2 Å². The Hall–Kier alpha value is -2.11. The lowest BCUT2D eigenvalue weighted by molar-refractivity contribution is -0.167. The van der Waals surface area contributed by atoms with E-state index >= 15 is 0 Å². The lowest BCUT2D eigenvalue weighted by Crippen LogP contribution is -2.30. The van der Waals surface area contributed by atoms with E-state index in [1.54, 1.807) is 0 Å². The lowest BCUT2D eigenvalue weighted by Gasteiger charge is -2.18. The van der Waals surface area contributed by atoms with E-state index in [0.29, 0.717) is 19.3 Å². The molecule has 0 heterocycles. The van der Waals surface area contributed by atoms with Gasteiger partial charge < -0.3 is 14.2 Å². The summed E-state index contributed by atoms with van der Waals surface area (Å²) in [5.41, 5.74) is 0. The van der Waals surface area contributed by atoms with E-state index < -0.39 is 6.10 Å². The molecule has 0 rings (SSSR count). The molecule has 0 fully saturated rings. The second-order valence-corrected chi connectivity index (χ2v) is 17.8. The van der Waals surface area contributed by atoms with Gasteiger partial charge >= 0.3 is 17.9 Å². The smallest absolute Gasteiger partial charge is 0.306 e. The molecule has 0 saturated heterocycles. The SMILES string of the molecule is CCCCCCCC/C=C\CCCCCCCCCCCC(=O)OCC(COC(=O)CCCCCCC)OC(=O)CCCCCCCCC/C=C\CCCCCCCCC. The summed E-state index contributed by atoms with van der Waals surface area (Å²) >= 11 is 0. The van der Waals surface area contributed by atoms with Gasteiger partial charge in [0.15, 0.2) is 6.10 Å². The van der Waals surface area contributed by atoms with Crippen molar-refractivity contribution in [1.82, 2.24) is 0 Å². The van der Waals surface area contributed by atoms with Crippen LogP contribution in [0.15, 0.2) is 24.3 Å². The Bertz CT molecular complexity index is 973. The number of ether oxygens (including phenoxy) is 3. The average Bonchev–Trinajstić information content (AvgIpc) is 3.24. The third-order valence-electron chi connectivity index (χ3n) is 11.7. The molecule has 6 nitrogen and oxygen atoms in total. The Balaban J connectivity index is 4.13.